The Morgan fingerprint density at radius 1 is 1.00 bits per heavy atom. The molecule has 1 amide bonds. The minimum Gasteiger partial charge on any atom is -0.349 e. The molecule has 5 rings (SSSR count). The van der Waals surface area contributed by atoms with E-state index in [1.807, 2.05) is 0 Å². The highest BCUT2D eigenvalue weighted by molar-refractivity contribution is 7.90. The van der Waals surface area contributed by atoms with Crippen molar-refractivity contribution in [3.8, 4) is 11.1 Å². The number of carbonyl (C=O) groups is 1. The average Bonchev–Trinajstić information content (AvgIpc) is 3.51. The van der Waals surface area contributed by atoms with Gasteiger partial charge in [-0.3, -0.25) is 4.79 Å². The van der Waals surface area contributed by atoms with Gasteiger partial charge in [-0.15, -0.1) is 0 Å². The predicted octanol–water partition coefficient (Wildman–Crippen LogP) is 4.56. The number of hydrogen-bond donors (Lipinski definition) is 1. The van der Waals surface area contributed by atoms with Crippen LogP contribution in [0, 0.1) is 24.4 Å². The molecule has 1 fully saturated rings. The van der Waals surface area contributed by atoms with Gasteiger partial charge in [0.2, 0.25) is 0 Å². The zero-order chi connectivity index (χ0) is 24.2. The molecule has 1 N–H and O–H groups in total. The van der Waals surface area contributed by atoms with Crippen molar-refractivity contribution in [2.45, 2.75) is 30.7 Å². The van der Waals surface area contributed by atoms with Crippen molar-refractivity contribution >= 4 is 26.8 Å². The minimum atomic E-state index is -4.29. The second-order valence-corrected chi connectivity index (χ2v) is 9.99. The van der Waals surface area contributed by atoms with Gasteiger partial charge in [0, 0.05) is 17.0 Å². The van der Waals surface area contributed by atoms with Crippen LogP contribution in [0.25, 0.3) is 22.0 Å². The Morgan fingerprint density at radius 2 is 1.76 bits per heavy atom. The van der Waals surface area contributed by atoms with E-state index >= 15 is 0 Å². The van der Waals surface area contributed by atoms with Crippen molar-refractivity contribution in [3.63, 3.8) is 0 Å². The standard InChI is InChI=1S/C24H18F3N3O3S/c1-13-19(9-15(10-21(13)26)24(31)29-17-3-4-17)14-2-7-23-16(8-14)12-28-30(23)34(32,33)18-5-6-20(25)22(27)11-18/h2,5-12,17H,3-4H2,1H3,(H,29,31). The molecule has 1 saturated carbocycles. The first-order valence-corrected chi connectivity index (χ1v) is 11.9. The zero-order valence-electron chi connectivity index (χ0n) is 17.8. The molecule has 1 heterocycles. The van der Waals surface area contributed by atoms with Gasteiger partial charge in [0.15, 0.2) is 11.6 Å². The Morgan fingerprint density at radius 3 is 2.47 bits per heavy atom. The lowest BCUT2D eigenvalue weighted by molar-refractivity contribution is 0.0950. The Bertz CT molecular complexity index is 1580. The number of fused-ring (bicyclic) bond motifs is 1. The summed E-state index contributed by atoms with van der Waals surface area (Å²) in [4.78, 5) is 12.0. The number of carbonyl (C=O) groups excluding carboxylic acids is 1. The summed E-state index contributed by atoms with van der Waals surface area (Å²) in [5.41, 5.74) is 1.79. The van der Waals surface area contributed by atoms with Crippen molar-refractivity contribution in [1.82, 2.24) is 14.5 Å². The number of halogens is 3. The fourth-order valence-corrected chi connectivity index (χ4v) is 5.00. The Balaban J connectivity index is 1.56. The monoisotopic (exact) mass is 485 g/mol. The second-order valence-electron chi connectivity index (χ2n) is 8.22. The van der Waals surface area contributed by atoms with Crippen molar-refractivity contribution in [1.29, 1.82) is 0 Å². The quantitative estimate of drug-likeness (QED) is 0.450. The smallest absolute Gasteiger partial charge is 0.283 e. The number of rotatable bonds is 5. The summed E-state index contributed by atoms with van der Waals surface area (Å²) in [5, 5.41) is 7.19. The maximum absolute atomic E-state index is 14.6. The third-order valence-electron chi connectivity index (χ3n) is 5.78. The van der Waals surface area contributed by atoms with E-state index in [0.717, 1.165) is 29.1 Å². The van der Waals surface area contributed by atoms with Gasteiger partial charge in [-0.05, 0) is 78.9 Å². The van der Waals surface area contributed by atoms with Crippen LogP contribution in [0.4, 0.5) is 13.2 Å². The van der Waals surface area contributed by atoms with E-state index in [1.54, 1.807) is 25.1 Å². The van der Waals surface area contributed by atoms with Crippen LogP contribution in [-0.4, -0.2) is 29.6 Å². The molecule has 1 aliphatic carbocycles. The van der Waals surface area contributed by atoms with Gasteiger partial charge < -0.3 is 5.32 Å². The van der Waals surface area contributed by atoms with Gasteiger partial charge in [0.25, 0.3) is 15.9 Å². The summed E-state index contributed by atoms with van der Waals surface area (Å²) in [6, 6.07) is 9.91. The highest BCUT2D eigenvalue weighted by Gasteiger charge is 2.25. The SMILES string of the molecule is Cc1c(F)cc(C(=O)NC2CC2)cc1-c1ccc2c(cnn2S(=O)(=O)c2ccc(F)c(F)c2)c1. The summed E-state index contributed by atoms with van der Waals surface area (Å²) < 4.78 is 68.1. The topological polar surface area (TPSA) is 81.1 Å². The summed E-state index contributed by atoms with van der Waals surface area (Å²) >= 11 is 0. The fraction of sp³-hybridized carbons (Fsp3) is 0.167. The molecular formula is C24H18F3N3O3S. The van der Waals surface area contributed by atoms with Crippen molar-refractivity contribution in [2.75, 3.05) is 0 Å². The molecule has 3 aromatic carbocycles. The minimum absolute atomic E-state index is 0.124. The molecule has 34 heavy (non-hydrogen) atoms. The zero-order valence-corrected chi connectivity index (χ0v) is 18.7. The number of amides is 1. The number of aromatic nitrogens is 2. The summed E-state index contributed by atoms with van der Waals surface area (Å²) in [5.74, 6) is -3.34. The predicted molar refractivity (Wildman–Crippen MR) is 119 cm³/mol. The van der Waals surface area contributed by atoms with Crippen LogP contribution in [0.5, 0.6) is 0 Å². The van der Waals surface area contributed by atoms with Crippen LogP contribution in [0.3, 0.4) is 0 Å². The van der Waals surface area contributed by atoms with E-state index < -0.39 is 32.4 Å². The lowest BCUT2D eigenvalue weighted by Gasteiger charge is -2.12. The first-order valence-electron chi connectivity index (χ1n) is 10.4. The lowest BCUT2D eigenvalue weighted by Crippen LogP contribution is -2.25. The van der Waals surface area contributed by atoms with E-state index in [4.69, 9.17) is 0 Å². The number of hydrogen-bond acceptors (Lipinski definition) is 4. The summed E-state index contributed by atoms with van der Waals surface area (Å²) in [6.07, 6.45) is 3.12. The van der Waals surface area contributed by atoms with Crippen LogP contribution in [0.2, 0.25) is 0 Å². The molecule has 1 aliphatic rings. The number of nitrogens with one attached hydrogen (secondary N) is 1. The molecule has 0 bridgehead atoms. The normalized spacial score (nSPS) is 13.9. The van der Waals surface area contributed by atoms with E-state index in [9.17, 15) is 26.4 Å². The molecule has 0 aliphatic heterocycles. The maximum atomic E-state index is 14.6. The van der Waals surface area contributed by atoms with Gasteiger partial charge >= 0.3 is 0 Å². The van der Waals surface area contributed by atoms with Gasteiger partial charge in [0.05, 0.1) is 16.6 Å². The largest absolute Gasteiger partial charge is 0.349 e. The molecule has 0 radical (unpaired) electrons. The van der Waals surface area contributed by atoms with Gasteiger partial charge in [-0.2, -0.15) is 17.6 Å². The van der Waals surface area contributed by atoms with Crippen LogP contribution in [-0.2, 0) is 10.0 Å². The average molecular weight is 485 g/mol. The van der Waals surface area contributed by atoms with E-state index in [0.29, 0.717) is 28.1 Å². The first kappa shape index (κ1) is 22.1. The van der Waals surface area contributed by atoms with Crippen molar-refractivity contribution in [3.05, 3.63) is 83.3 Å². The van der Waals surface area contributed by atoms with Crippen molar-refractivity contribution < 1.29 is 26.4 Å². The Kier molecular flexibility index (Phi) is 5.20. The molecule has 0 unspecified atom stereocenters. The molecule has 0 saturated heterocycles. The lowest BCUT2D eigenvalue weighted by atomic mass is 9.96. The van der Waals surface area contributed by atoms with Crippen molar-refractivity contribution in [2.24, 2.45) is 0 Å². The molecule has 10 heteroatoms. The van der Waals surface area contributed by atoms with Crippen LogP contribution >= 0.6 is 0 Å². The van der Waals surface area contributed by atoms with E-state index in [2.05, 4.69) is 10.4 Å². The molecule has 4 aromatic rings. The molecule has 6 nitrogen and oxygen atoms in total. The molecule has 1 aromatic heterocycles. The summed E-state index contributed by atoms with van der Waals surface area (Å²) in [7, 11) is -4.29. The molecule has 0 atom stereocenters. The molecule has 0 spiro atoms. The highest BCUT2D eigenvalue weighted by atomic mass is 32.2. The maximum Gasteiger partial charge on any atom is 0.283 e. The molecule has 174 valence electrons. The van der Waals surface area contributed by atoms with Gasteiger partial charge in [0.1, 0.15) is 5.82 Å². The Hall–Kier alpha value is -3.66. The fourth-order valence-electron chi connectivity index (χ4n) is 3.71. The highest BCUT2D eigenvalue weighted by Crippen LogP contribution is 2.31. The Labute approximate surface area is 193 Å². The second kappa shape index (κ2) is 7.98. The van der Waals surface area contributed by atoms with Crippen LogP contribution < -0.4 is 5.32 Å². The third kappa shape index (κ3) is 3.83. The van der Waals surface area contributed by atoms with Gasteiger partial charge in [-0.1, -0.05) is 6.07 Å². The van der Waals surface area contributed by atoms with Gasteiger partial charge in [-0.25, -0.2) is 13.2 Å². The van der Waals surface area contributed by atoms with E-state index in [-0.39, 0.29) is 23.0 Å². The van der Waals surface area contributed by atoms with Crippen LogP contribution in [0.1, 0.15) is 28.8 Å². The molecular weight excluding hydrogens is 467 g/mol. The first-order chi connectivity index (χ1) is 16.1. The number of benzene rings is 3. The third-order valence-corrected chi connectivity index (χ3v) is 7.38. The van der Waals surface area contributed by atoms with E-state index in [1.165, 1.54) is 18.3 Å². The number of nitrogens with zero attached hydrogens (tertiary/aromatic N) is 2. The van der Waals surface area contributed by atoms with Crippen LogP contribution in [0.15, 0.2) is 59.6 Å². The summed E-state index contributed by atoms with van der Waals surface area (Å²) in [6.45, 7) is 1.59.